The van der Waals surface area contributed by atoms with Gasteiger partial charge in [-0.25, -0.2) is 4.98 Å². The molecule has 0 aliphatic heterocycles. The summed E-state index contributed by atoms with van der Waals surface area (Å²) in [5.74, 6) is 0.827. The molecule has 0 spiro atoms. The third-order valence-electron chi connectivity index (χ3n) is 3.13. The van der Waals surface area contributed by atoms with E-state index < -0.39 is 0 Å². The molecule has 112 valence electrons. The number of nitrogens with zero attached hydrogens (tertiary/aromatic N) is 3. The fraction of sp³-hybridized carbons (Fsp3) is 0.188. The molecule has 0 unspecified atom stereocenters. The van der Waals surface area contributed by atoms with E-state index in [9.17, 15) is 0 Å². The summed E-state index contributed by atoms with van der Waals surface area (Å²) in [7, 11) is 0. The fourth-order valence-electron chi connectivity index (χ4n) is 2.03. The first-order valence-corrected chi connectivity index (χ1v) is 8.15. The summed E-state index contributed by atoms with van der Waals surface area (Å²) in [6.07, 6.45) is 3.40. The lowest BCUT2D eigenvalue weighted by atomic mass is 10.1. The molecule has 0 bridgehead atoms. The summed E-state index contributed by atoms with van der Waals surface area (Å²) < 4.78 is 4.38. The van der Waals surface area contributed by atoms with E-state index in [0.29, 0.717) is 0 Å². The van der Waals surface area contributed by atoms with Crippen molar-refractivity contribution in [3.05, 3.63) is 70.8 Å². The number of pyridine rings is 1. The normalized spacial score (nSPS) is 10.6. The number of benzene rings is 1. The van der Waals surface area contributed by atoms with Crippen molar-refractivity contribution in [2.75, 3.05) is 11.9 Å². The summed E-state index contributed by atoms with van der Waals surface area (Å²) >= 11 is 7.27. The molecule has 0 amide bonds. The third kappa shape index (κ3) is 4.26. The molecule has 4 nitrogen and oxygen atoms in total. The van der Waals surface area contributed by atoms with E-state index in [1.165, 1.54) is 11.5 Å². The highest BCUT2D eigenvalue weighted by atomic mass is 35.5. The lowest BCUT2D eigenvalue weighted by Gasteiger charge is -2.01. The van der Waals surface area contributed by atoms with Crippen LogP contribution in [0.3, 0.4) is 0 Å². The van der Waals surface area contributed by atoms with Crippen LogP contribution in [-0.2, 0) is 12.8 Å². The van der Waals surface area contributed by atoms with Gasteiger partial charge in [-0.1, -0.05) is 29.8 Å². The Labute approximate surface area is 138 Å². The van der Waals surface area contributed by atoms with Gasteiger partial charge in [0, 0.05) is 47.8 Å². The Kier molecular flexibility index (Phi) is 4.98. The minimum absolute atomic E-state index is 0.718. The van der Waals surface area contributed by atoms with Gasteiger partial charge in [-0.05, 0) is 29.8 Å². The van der Waals surface area contributed by atoms with Gasteiger partial charge in [-0.15, -0.1) is 0 Å². The Morgan fingerprint density at radius 2 is 1.95 bits per heavy atom. The van der Waals surface area contributed by atoms with Crippen molar-refractivity contribution in [2.45, 2.75) is 12.8 Å². The number of anilines is 1. The highest BCUT2D eigenvalue weighted by Gasteiger charge is 2.05. The van der Waals surface area contributed by atoms with Gasteiger partial charge in [0.2, 0.25) is 5.13 Å². The van der Waals surface area contributed by atoms with Gasteiger partial charge in [0.25, 0.3) is 0 Å². The Morgan fingerprint density at radius 1 is 1.09 bits per heavy atom. The first kappa shape index (κ1) is 14.9. The van der Waals surface area contributed by atoms with E-state index in [-0.39, 0.29) is 0 Å². The lowest BCUT2D eigenvalue weighted by Crippen LogP contribution is -2.05. The van der Waals surface area contributed by atoms with Gasteiger partial charge < -0.3 is 5.32 Å². The van der Waals surface area contributed by atoms with Crippen LogP contribution in [-0.4, -0.2) is 20.9 Å². The van der Waals surface area contributed by atoms with E-state index >= 15 is 0 Å². The standard InChI is InChI=1S/C16H15ClN4S/c17-13-6-4-12(5-7-13)11-15-20-16(22-21-15)19-10-8-14-3-1-2-9-18-14/h1-7,9H,8,10-11H2,(H,19,20,21). The first-order chi connectivity index (χ1) is 10.8. The van der Waals surface area contributed by atoms with Crippen molar-refractivity contribution >= 4 is 28.3 Å². The molecule has 0 saturated heterocycles. The molecule has 3 rings (SSSR count). The highest BCUT2D eigenvalue weighted by molar-refractivity contribution is 7.09. The van der Waals surface area contributed by atoms with E-state index in [2.05, 4.69) is 19.7 Å². The average molecular weight is 331 g/mol. The number of nitrogens with one attached hydrogen (secondary N) is 1. The molecule has 0 saturated carbocycles. The first-order valence-electron chi connectivity index (χ1n) is 7.00. The average Bonchev–Trinajstić information content (AvgIpc) is 2.98. The van der Waals surface area contributed by atoms with E-state index in [4.69, 9.17) is 11.6 Å². The molecule has 0 fully saturated rings. The Morgan fingerprint density at radius 3 is 2.73 bits per heavy atom. The molecule has 0 aliphatic carbocycles. The highest BCUT2D eigenvalue weighted by Crippen LogP contribution is 2.16. The quantitative estimate of drug-likeness (QED) is 0.746. The van der Waals surface area contributed by atoms with Crippen LogP contribution in [0.25, 0.3) is 0 Å². The lowest BCUT2D eigenvalue weighted by molar-refractivity contribution is 0.953. The predicted molar refractivity (Wildman–Crippen MR) is 90.6 cm³/mol. The minimum Gasteiger partial charge on any atom is -0.360 e. The summed E-state index contributed by atoms with van der Waals surface area (Å²) in [4.78, 5) is 8.80. The zero-order valence-electron chi connectivity index (χ0n) is 11.9. The molecule has 0 radical (unpaired) electrons. The van der Waals surface area contributed by atoms with Crippen LogP contribution in [0.4, 0.5) is 5.13 Å². The number of aromatic nitrogens is 3. The zero-order chi connectivity index (χ0) is 15.2. The van der Waals surface area contributed by atoms with Crippen molar-refractivity contribution in [1.29, 1.82) is 0 Å². The molecular weight excluding hydrogens is 316 g/mol. The van der Waals surface area contributed by atoms with Crippen molar-refractivity contribution in [1.82, 2.24) is 14.3 Å². The molecule has 2 heterocycles. The van der Waals surface area contributed by atoms with Gasteiger partial charge in [0.15, 0.2) is 0 Å². The van der Waals surface area contributed by atoms with Gasteiger partial charge in [0.1, 0.15) is 5.82 Å². The molecule has 0 aliphatic rings. The minimum atomic E-state index is 0.718. The van der Waals surface area contributed by atoms with Crippen LogP contribution < -0.4 is 5.32 Å². The van der Waals surface area contributed by atoms with Gasteiger partial charge in [-0.3, -0.25) is 4.98 Å². The van der Waals surface area contributed by atoms with Crippen LogP contribution >= 0.6 is 23.1 Å². The second-order valence-corrected chi connectivity index (χ2v) is 6.01. The molecule has 6 heteroatoms. The second kappa shape index (κ2) is 7.33. The summed E-state index contributed by atoms with van der Waals surface area (Å²) in [6.45, 7) is 0.798. The van der Waals surface area contributed by atoms with E-state index in [1.807, 2.05) is 48.7 Å². The number of halogens is 1. The van der Waals surface area contributed by atoms with Crippen LogP contribution in [0.1, 0.15) is 17.1 Å². The van der Waals surface area contributed by atoms with Gasteiger partial charge in [-0.2, -0.15) is 4.37 Å². The van der Waals surface area contributed by atoms with E-state index in [1.54, 1.807) is 0 Å². The molecule has 22 heavy (non-hydrogen) atoms. The summed E-state index contributed by atoms with van der Waals surface area (Å²) in [5.41, 5.74) is 2.23. The third-order valence-corrected chi connectivity index (χ3v) is 4.09. The van der Waals surface area contributed by atoms with E-state index in [0.717, 1.165) is 46.6 Å². The second-order valence-electron chi connectivity index (χ2n) is 4.82. The summed E-state index contributed by atoms with van der Waals surface area (Å²) in [6, 6.07) is 13.7. The maximum atomic E-state index is 5.88. The molecule has 1 N–H and O–H groups in total. The predicted octanol–water partition coefficient (Wildman–Crippen LogP) is 3.83. The van der Waals surface area contributed by atoms with Crippen LogP contribution in [0.5, 0.6) is 0 Å². The SMILES string of the molecule is Clc1ccc(Cc2nsc(NCCc3ccccn3)n2)cc1. The van der Waals surface area contributed by atoms with Crippen molar-refractivity contribution in [3.63, 3.8) is 0 Å². The Balaban J connectivity index is 1.51. The monoisotopic (exact) mass is 330 g/mol. The van der Waals surface area contributed by atoms with Crippen molar-refractivity contribution in [2.24, 2.45) is 0 Å². The van der Waals surface area contributed by atoms with Crippen LogP contribution in [0, 0.1) is 0 Å². The van der Waals surface area contributed by atoms with Crippen molar-refractivity contribution < 1.29 is 0 Å². The van der Waals surface area contributed by atoms with Gasteiger partial charge >= 0.3 is 0 Å². The van der Waals surface area contributed by atoms with Gasteiger partial charge in [0.05, 0.1) is 0 Å². The topological polar surface area (TPSA) is 50.7 Å². The number of rotatable bonds is 6. The maximum absolute atomic E-state index is 5.88. The molecular formula is C16H15ClN4S. The zero-order valence-corrected chi connectivity index (χ0v) is 13.4. The molecule has 0 atom stereocenters. The molecule has 3 aromatic rings. The van der Waals surface area contributed by atoms with Crippen LogP contribution in [0.15, 0.2) is 48.7 Å². The van der Waals surface area contributed by atoms with Crippen molar-refractivity contribution in [3.8, 4) is 0 Å². The summed E-state index contributed by atoms with van der Waals surface area (Å²) in [5, 5.41) is 4.88. The fourth-order valence-corrected chi connectivity index (χ4v) is 2.76. The smallest absolute Gasteiger partial charge is 0.202 e. The van der Waals surface area contributed by atoms with Crippen LogP contribution in [0.2, 0.25) is 5.02 Å². The molecule has 2 aromatic heterocycles. The maximum Gasteiger partial charge on any atom is 0.202 e. The number of hydrogen-bond donors (Lipinski definition) is 1. The molecule has 1 aromatic carbocycles. The Hall–Kier alpha value is -1.98. The Bertz CT molecular complexity index is 713. The number of hydrogen-bond acceptors (Lipinski definition) is 5. The largest absolute Gasteiger partial charge is 0.360 e.